The molecule has 7 nitrogen and oxygen atoms in total. The van der Waals surface area contributed by atoms with E-state index in [0.29, 0.717) is 12.0 Å². The first kappa shape index (κ1) is 15.6. The maximum Gasteiger partial charge on any atom is 0.334 e. The smallest absolute Gasteiger partial charge is 0.334 e. The van der Waals surface area contributed by atoms with E-state index in [4.69, 9.17) is 4.74 Å². The van der Waals surface area contributed by atoms with Gasteiger partial charge in [0.2, 0.25) is 5.88 Å². The number of ether oxygens (including phenoxy) is 1. The van der Waals surface area contributed by atoms with Gasteiger partial charge in [0.1, 0.15) is 11.2 Å². The Hall–Kier alpha value is -2.31. The van der Waals surface area contributed by atoms with Crippen LogP contribution in [0.2, 0.25) is 0 Å². The average molecular weight is 320 g/mol. The first-order valence-electron chi connectivity index (χ1n) is 7.77. The number of carbonyl (C=O) groups is 1. The third-order valence-electron chi connectivity index (χ3n) is 4.83. The third-order valence-corrected chi connectivity index (χ3v) is 4.83. The van der Waals surface area contributed by atoms with Crippen molar-refractivity contribution < 1.29 is 14.6 Å². The summed E-state index contributed by atoms with van der Waals surface area (Å²) in [5.74, 6) is -0.884. The molecule has 1 aliphatic carbocycles. The molecule has 1 saturated heterocycles. The van der Waals surface area contributed by atoms with E-state index in [0.717, 1.165) is 41.2 Å². The van der Waals surface area contributed by atoms with Crippen LogP contribution in [0.5, 0.6) is 5.88 Å². The number of rotatable bonds is 1. The summed E-state index contributed by atoms with van der Waals surface area (Å²) in [6, 6.07) is 0. The minimum atomic E-state index is -0.629. The highest BCUT2D eigenvalue weighted by Gasteiger charge is 2.44. The lowest BCUT2D eigenvalue weighted by Crippen LogP contribution is -2.38. The number of nitrogens with zero attached hydrogens (tertiary/aromatic N) is 2. The van der Waals surface area contributed by atoms with Gasteiger partial charge in [0.25, 0.3) is 5.56 Å². The van der Waals surface area contributed by atoms with Gasteiger partial charge in [0.15, 0.2) is 0 Å². The van der Waals surface area contributed by atoms with Crippen molar-refractivity contribution in [3.8, 4) is 5.88 Å². The van der Waals surface area contributed by atoms with Crippen molar-refractivity contribution in [2.24, 2.45) is 14.1 Å². The number of hydrogen-bond acceptors (Lipinski definition) is 5. The maximum absolute atomic E-state index is 12.2. The van der Waals surface area contributed by atoms with Gasteiger partial charge in [-0.25, -0.2) is 9.59 Å². The van der Waals surface area contributed by atoms with E-state index in [1.807, 2.05) is 0 Å². The summed E-state index contributed by atoms with van der Waals surface area (Å²) in [6.07, 6.45) is 6.64. The van der Waals surface area contributed by atoms with Crippen molar-refractivity contribution in [1.82, 2.24) is 9.13 Å². The minimum absolute atomic E-state index is 0.0607. The lowest BCUT2D eigenvalue weighted by atomic mass is 9.82. The van der Waals surface area contributed by atoms with Crippen LogP contribution in [0.15, 0.2) is 15.2 Å². The summed E-state index contributed by atoms with van der Waals surface area (Å²) < 4.78 is 7.45. The summed E-state index contributed by atoms with van der Waals surface area (Å²) in [7, 11) is 2.70. The minimum Gasteiger partial charge on any atom is -0.494 e. The van der Waals surface area contributed by atoms with Crippen molar-refractivity contribution in [2.45, 2.75) is 44.1 Å². The predicted octanol–water partition coefficient (Wildman–Crippen LogP) is 0.823. The fourth-order valence-electron chi connectivity index (χ4n) is 3.46. The Balaban J connectivity index is 2.05. The van der Waals surface area contributed by atoms with Gasteiger partial charge in [-0.1, -0.05) is 6.42 Å². The SMILES string of the molecule is Cn1c(O)c(/C=C2/CC3(CCCCC3)OC2=O)c(=O)n(C)c1=O. The zero-order valence-electron chi connectivity index (χ0n) is 13.3. The first-order valence-corrected chi connectivity index (χ1v) is 7.77. The Kier molecular flexibility index (Phi) is 3.66. The molecule has 0 amide bonds. The van der Waals surface area contributed by atoms with Crippen LogP contribution in [0.1, 0.15) is 44.1 Å². The van der Waals surface area contributed by atoms with Crippen molar-refractivity contribution in [3.05, 3.63) is 32.0 Å². The van der Waals surface area contributed by atoms with Gasteiger partial charge in [0, 0.05) is 26.1 Å². The second-order valence-corrected chi connectivity index (χ2v) is 6.42. The van der Waals surface area contributed by atoms with Crippen molar-refractivity contribution in [2.75, 3.05) is 0 Å². The number of esters is 1. The quantitative estimate of drug-likeness (QED) is 0.611. The highest BCUT2D eigenvalue weighted by molar-refractivity contribution is 5.96. The lowest BCUT2D eigenvalue weighted by molar-refractivity contribution is -0.148. The Labute approximate surface area is 132 Å². The molecule has 23 heavy (non-hydrogen) atoms. The Morgan fingerprint density at radius 3 is 2.39 bits per heavy atom. The number of aromatic nitrogens is 2. The molecular formula is C16H20N2O5. The molecule has 1 aromatic rings. The number of aromatic hydroxyl groups is 1. The third kappa shape index (κ3) is 2.50. The maximum atomic E-state index is 12.2. The highest BCUT2D eigenvalue weighted by atomic mass is 16.6. The molecule has 1 N–H and O–H groups in total. The van der Waals surface area contributed by atoms with E-state index in [-0.39, 0.29) is 5.56 Å². The van der Waals surface area contributed by atoms with Gasteiger partial charge in [-0.15, -0.1) is 0 Å². The summed E-state index contributed by atoms with van der Waals surface area (Å²) >= 11 is 0. The van der Waals surface area contributed by atoms with Crippen LogP contribution in [0.4, 0.5) is 0 Å². The first-order chi connectivity index (χ1) is 10.8. The van der Waals surface area contributed by atoms with E-state index in [9.17, 15) is 19.5 Å². The monoisotopic (exact) mass is 320 g/mol. The molecule has 0 radical (unpaired) electrons. The molecule has 7 heteroatoms. The fraction of sp³-hybridized carbons (Fsp3) is 0.562. The van der Waals surface area contributed by atoms with Crippen molar-refractivity contribution in [3.63, 3.8) is 0 Å². The topological polar surface area (TPSA) is 90.5 Å². The van der Waals surface area contributed by atoms with E-state index >= 15 is 0 Å². The lowest BCUT2D eigenvalue weighted by Gasteiger charge is -2.31. The molecule has 2 fully saturated rings. The molecule has 1 spiro atoms. The summed E-state index contributed by atoms with van der Waals surface area (Å²) in [6.45, 7) is 0. The molecular weight excluding hydrogens is 300 g/mol. The largest absolute Gasteiger partial charge is 0.494 e. The standard InChI is InChI=1S/C16H20N2O5/c1-17-12(19)11(13(20)18(2)15(17)22)8-10-9-16(23-14(10)21)6-4-3-5-7-16/h8,19H,3-7,9H2,1-2H3/b10-8-. The van der Waals surface area contributed by atoms with Gasteiger partial charge in [0.05, 0.1) is 0 Å². The molecule has 2 heterocycles. The molecule has 0 aromatic carbocycles. The average Bonchev–Trinajstić information content (AvgIpc) is 2.83. The highest BCUT2D eigenvalue weighted by Crippen LogP contribution is 2.42. The summed E-state index contributed by atoms with van der Waals surface area (Å²) in [5, 5.41) is 10.1. The molecule has 0 bridgehead atoms. The molecule has 1 saturated carbocycles. The molecule has 1 aliphatic heterocycles. The molecule has 0 atom stereocenters. The van der Waals surface area contributed by atoms with Gasteiger partial charge >= 0.3 is 11.7 Å². The van der Waals surface area contributed by atoms with Crippen LogP contribution in [0.25, 0.3) is 6.08 Å². The van der Waals surface area contributed by atoms with Gasteiger partial charge in [-0.2, -0.15) is 0 Å². The van der Waals surface area contributed by atoms with Gasteiger partial charge < -0.3 is 9.84 Å². The van der Waals surface area contributed by atoms with Crippen molar-refractivity contribution >= 4 is 12.0 Å². The van der Waals surface area contributed by atoms with E-state index in [2.05, 4.69) is 0 Å². The van der Waals surface area contributed by atoms with E-state index in [1.165, 1.54) is 20.2 Å². The van der Waals surface area contributed by atoms with Crippen LogP contribution < -0.4 is 11.2 Å². The van der Waals surface area contributed by atoms with Gasteiger partial charge in [-0.3, -0.25) is 13.9 Å². The van der Waals surface area contributed by atoms with E-state index < -0.39 is 28.7 Å². The van der Waals surface area contributed by atoms with Crippen LogP contribution in [0, 0.1) is 0 Å². The molecule has 3 rings (SSSR count). The molecule has 0 unspecified atom stereocenters. The Morgan fingerprint density at radius 1 is 1.09 bits per heavy atom. The summed E-state index contributed by atoms with van der Waals surface area (Å²) in [4.78, 5) is 36.1. The van der Waals surface area contributed by atoms with Crippen LogP contribution >= 0.6 is 0 Å². The predicted molar refractivity (Wildman–Crippen MR) is 83.1 cm³/mol. The number of carbonyl (C=O) groups excluding carboxylic acids is 1. The fourth-order valence-corrected chi connectivity index (χ4v) is 3.46. The normalized spacial score (nSPS) is 21.8. The Bertz CT molecular complexity index is 809. The molecule has 2 aliphatic rings. The van der Waals surface area contributed by atoms with Crippen LogP contribution in [-0.4, -0.2) is 25.8 Å². The Morgan fingerprint density at radius 2 is 1.74 bits per heavy atom. The zero-order chi connectivity index (χ0) is 16.8. The van der Waals surface area contributed by atoms with Crippen LogP contribution in [-0.2, 0) is 23.6 Å². The van der Waals surface area contributed by atoms with Crippen LogP contribution in [0.3, 0.4) is 0 Å². The van der Waals surface area contributed by atoms with Crippen molar-refractivity contribution in [1.29, 1.82) is 0 Å². The van der Waals surface area contributed by atoms with E-state index in [1.54, 1.807) is 0 Å². The second kappa shape index (κ2) is 5.40. The second-order valence-electron chi connectivity index (χ2n) is 6.42. The summed E-state index contributed by atoms with van der Waals surface area (Å²) in [5.41, 5.74) is -1.39. The zero-order valence-corrected chi connectivity index (χ0v) is 13.3. The molecule has 124 valence electrons. The number of hydrogen-bond donors (Lipinski definition) is 1. The van der Waals surface area contributed by atoms with Gasteiger partial charge in [-0.05, 0) is 31.8 Å². The molecule has 1 aromatic heterocycles.